The molecule has 1 saturated heterocycles. The Labute approximate surface area is 142 Å². The van der Waals surface area contributed by atoms with Crippen LogP contribution in [0.2, 0.25) is 0 Å². The highest BCUT2D eigenvalue weighted by Crippen LogP contribution is 2.22. The van der Waals surface area contributed by atoms with Crippen molar-refractivity contribution in [2.45, 2.75) is 45.6 Å². The Hall–Kier alpha value is -2.08. The Bertz CT molecular complexity index is 657. The maximum Gasteiger partial charge on any atom is 0.263 e. The molecule has 0 bridgehead atoms. The van der Waals surface area contributed by atoms with Gasteiger partial charge in [0.25, 0.3) is 5.89 Å². The molecule has 3 rings (SSSR count). The minimum Gasteiger partial charge on any atom is -0.459 e. The molecule has 1 aliphatic rings. The van der Waals surface area contributed by atoms with E-state index in [1.807, 2.05) is 6.92 Å². The highest BCUT2D eigenvalue weighted by Gasteiger charge is 2.18. The third kappa shape index (κ3) is 4.26. The first-order valence-electron chi connectivity index (χ1n) is 8.63. The predicted octanol–water partition coefficient (Wildman–Crippen LogP) is 2.78. The van der Waals surface area contributed by atoms with Crippen molar-refractivity contribution >= 4 is 5.91 Å². The molecule has 0 saturated carbocycles. The second kappa shape index (κ2) is 7.66. The van der Waals surface area contributed by atoms with Crippen LogP contribution in [0.4, 0.5) is 0 Å². The van der Waals surface area contributed by atoms with Gasteiger partial charge in [0, 0.05) is 12.6 Å². The van der Waals surface area contributed by atoms with Gasteiger partial charge in [-0.05, 0) is 51.9 Å². The van der Waals surface area contributed by atoms with Crippen LogP contribution < -0.4 is 5.32 Å². The zero-order chi connectivity index (χ0) is 16.9. The number of furan rings is 1. The van der Waals surface area contributed by atoms with Gasteiger partial charge in [0.15, 0.2) is 5.76 Å². The van der Waals surface area contributed by atoms with Gasteiger partial charge in [-0.3, -0.25) is 4.79 Å². The summed E-state index contributed by atoms with van der Waals surface area (Å²) in [5, 5.41) is 3.06. The van der Waals surface area contributed by atoms with E-state index in [1.54, 1.807) is 18.4 Å². The molecule has 0 aromatic carbocycles. The van der Waals surface area contributed by atoms with E-state index in [1.165, 1.54) is 19.3 Å². The summed E-state index contributed by atoms with van der Waals surface area (Å²) < 4.78 is 10.9. The number of oxazole rings is 1. The van der Waals surface area contributed by atoms with E-state index in [2.05, 4.69) is 22.1 Å². The third-order valence-electron chi connectivity index (χ3n) is 4.34. The maximum absolute atomic E-state index is 12.3. The monoisotopic (exact) mass is 331 g/mol. The number of carbonyl (C=O) groups excluding carboxylic acids is 1. The average Bonchev–Trinajstić information content (AvgIpc) is 3.18. The highest BCUT2D eigenvalue weighted by molar-refractivity contribution is 5.78. The molecule has 0 spiro atoms. The summed E-state index contributed by atoms with van der Waals surface area (Å²) in [5.41, 5.74) is 0.657. The molecule has 1 aliphatic heterocycles. The number of aryl methyl sites for hydroxylation is 1. The summed E-state index contributed by atoms with van der Waals surface area (Å²) in [6.45, 7) is 7.04. The topological polar surface area (TPSA) is 71.5 Å². The van der Waals surface area contributed by atoms with E-state index in [0.717, 1.165) is 19.6 Å². The van der Waals surface area contributed by atoms with Crippen molar-refractivity contribution in [3.63, 3.8) is 0 Å². The normalized spacial score (nSPS) is 16.9. The molecule has 0 unspecified atom stereocenters. The molecular formula is C18H25N3O3. The first-order valence-corrected chi connectivity index (χ1v) is 8.63. The molecule has 2 aromatic heterocycles. The van der Waals surface area contributed by atoms with Crippen LogP contribution in [0.5, 0.6) is 0 Å². The summed E-state index contributed by atoms with van der Waals surface area (Å²) >= 11 is 0. The second-order valence-electron chi connectivity index (χ2n) is 6.51. The molecule has 1 atom stereocenters. The zero-order valence-electron chi connectivity index (χ0n) is 14.4. The van der Waals surface area contributed by atoms with Crippen LogP contribution in [0.25, 0.3) is 11.7 Å². The standard InChI is InChI=1S/C18H25N3O3/c1-13(12-21-8-4-3-5-9-21)19-17(22)11-15-14(2)24-18(20-15)16-7-6-10-23-16/h6-7,10,13H,3-5,8-9,11-12H2,1-2H3,(H,19,22)/t13-/m1/s1. The summed E-state index contributed by atoms with van der Waals surface area (Å²) in [6.07, 6.45) is 5.63. The number of likely N-dealkylation sites (tertiary alicyclic amines) is 1. The fourth-order valence-corrected chi connectivity index (χ4v) is 3.15. The van der Waals surface area contributed by atoms with Gasteiger partial charge < -0.3 is 19.1 Å². The van der Waals surface area contributed by atoms with Crippen LogP contribution >= 0.6 is 0 Å². The molecule has 6 heteroatoms. The predicted molar refractivity (Wildman–Crippen MR) is 90.5 cm³/mol. The number of hydrogen-bond acceptors (Lipinski definition) is 5. The van der Waals surface area contributed by atoms with Gasteiger partial charge in [-0.25, -0.2) is 4.98 Å². The molecule has 0 aliphatic carbocycles. The number of aromatic nitrogens is 1. The van der Waals surface area contributed by atoms with Gasteiger partial charge in [-0.1, -0.05) is 6.42 Å². The fourth-order valence-electron chi connectivity index (χ4n) is 3.15. The van der Waals surface area contributed by atoms with E-state index >= 15 is 0 Å². The van der Waals surface area contributed by atoms with Crippen LogP contribution in [0, 0.1) is 6.92 Å². The van der Waals surface area contributed by atoms with Crippen molar-refractivity contribution in [2.75, 3.05) is 19.6 Å². The number of hydrogen-bond donors (Lipinski definition) is 1. The van der Waals surface area contributed by atoms with Gasteiger partial charge in [-0.15, -0.1) is 0 Å². The molecule has 1 amide bonds. The number of nitrogens with one attached hydrogen (secondary N) is 1. The fraction of sp³-hybridized carbons (Fsp3) is 0.556. The van der Waals surface area contributed by atoms with Crippen molar-refractivity contribution in [3.8, 4) is 11.7 Å². The Kier molecular flexibility index (Phi) is 5.35. The summed E-state index contributed by atoms with van der Waals surface area (Å²) in [4.78, 5) is 19.1. The van der Waals surface area contributed by atoms with E-state index in [-0.39, 0.29) is 18.4 Å². The van der Waals surface area contributed by atoms with E-state index in [9.17, 15) is 4.79 Å². The second-order valence-corrected chi connectivity index (χ2v) is 6.51. The van der Waals surface area contributed by atoms with Crippen molar-refractivity contribution in [1.29, 1.82) is 0 Å². The molecule has 6 nitrogen and oxygen atoms in total. The lowest BCUT2D eigenvalue weighted by Gasteiger charge is -2.29. The van der Waals surface area contributed by atoms with Crippen LogP contribution in [-0.4, -0.2) is 41.5 Å². The molecular weight excluding hydrogens is 306 g/mol. The summed E-state index contributed by atoms with van der Waals surface area (Å²) in [5.74, 6) is 1.62. The number of nitrogens with zero attached hydrogens (tertiary/aromatic N) is 2. The quantitative estimate of drug-likeness (QED) is 0.881. The molecule has 1 fully saturated rings. The molecule has 2 aromatic rings. The van der Waals surface area contributed by atoms with Gasteiger partial charge in [-0.2, -0.15) is 0 Å². The smallest absolute Gasteiger partial charge is 0.263 e. The summed E-state index contributed by atoms with van der Waals surface area (Å²) in [6, 6.07) is 3.70. The number of piperidine rings is 1. The average molecular weight is 331 g/mol. The molecule has 24 heavy (non-hydrogen) atoms. The molecule has 3 heterocycles. The van der Waals surface area contributed by atoms with Crippen molar-refractivity contribution < 1.29 is 13.6 Å². The Morgan fingerprint density at radius 1 is 1.38 bits per heavy atom. The Morgan fingerprint density at radius 2 is 2.17 bits per heavy atom. The number of amides is 1. The van der Waals surface area contributed by atoms with Crippen LogP contribution in [0.3, 0.4) is 0 Å². The first-order chi connectivity index (χ1) is 11.6. The summed E-state index contributed by atoms with van der Waals surface area (Å²) in [7, 11) is 0. The largest absolute Gasteiger partial charge is 0.459 e. The number of rotatable bonds is 6. The van der Waals surface area contributed by atoms with Crippen molar-refractivity contribution in [1.82, 2.24) is 15.2 Å². The van der Waals surface area contributed by atoms with Crippen molar-refractivity contribution in [3.05, 3.63) is 29.9 Å². The maximum atomic E-state index is 12.3. The van der Waals surface area contributed by atoms with E-state index < -0.39 is 0 Å². The minimum absolute atomic E-state index is 0.0260. The first kappa shape index (κ1) is 16.8. The van der Waals surface area contributed by atoms with Gasteiger partial charge in [0.2, 0.25) is 5.91 Å². The van der Waals surface area contributed by atoms with Crippen molar-refractivity contribution in [2.24, 2.45) is 0 Å². The zero-order valence-corrected chi connectivity index (χ0v) is 14.4. The lowest BCUT2D eigenvalue weighted by molar-refractivity contribution is -0.121. The SMILES string of the molecule is Cc1oc(-c2ccco2)nc1CC(=O)N[C@H](C)CN1CCCCC1. The van der Waals surface area contributed by atoms with Crippen LogP contribution in [0.15, 0.2) is 27.2 Å². The number of carbonyl (C=O) groups is 1. The van der Waals surface area contributed by atoms with E-state index in [4.69, 9.17) is 8.83 Å². The molecule has 0 radical (unpaired) electrons. The lowest BCUT2D eigenvalue weighted by atomic mass is 10.1. The van der Waals surface area contributed by atoms with Crippen LogP contribution in [0.1, 0.15) is 37.6 Å². The highest BCUT2D eigenvalue weighted by atomic mass is 16.4. The van der Waals surface area contributed by atoms with Gasteiger partial charge in [0.1, 0.15) is 5.76 Å². The molecule has 130 valence electrons. The Morgan fingerprint density at radius 3 is 2.88 bits per heavy atom. The third-order valence-corrected chi connectivity index (χ3v) is 4.34. The minimum atomic E-state index is -0.0260. The van der Waals surface area contributed by atoms with Crippen LogP contribution in [-0.2, 0) is 11.2 Å². The lowest BCUT2D eigenvalue weighted by Crippen LogP contribution is -2.44. The molecule has 1 N–H and O–H groups in total. The Balaban J connectivity index is 1.53. The van der Waals surface area contributed by atoms with E-state index in [0.29, 0.717) is 23.1 Å². The van der Waals surface area contributed by atoms with Gasteiger partial charge in [0.05, 0.1) is 18.4 Å². The van der Waals surface area contributed by atoms with Gasteiger partial charge >= 0.3 is 0 Å².